The topological polar surface area (TPSA) is 80.4 Å². The molecule has 2 aromatic rings. The third-order valence-corrected chi connectivity index (χ3v) is 6.81. The average Bonchev–Trinajstić information content (AvgIpc) is 3.33. The molecular weight excluding hydrogens is 356 g/mol. The Bertz CT molecular complexity index is 957. The van der Waals surface area contributed by atoms with E-state index in [9.17, 15) is 9.59 Å². The van der Waals surface area contributed by atoms with E-state index in [1.165, 1.54) is 12.8 Å². The molecule has 148 valence electrons. The van der Waals surface area contributed by atoms with Crippen molar-refractivity contribution in [2.45, 2.75) is 56.9 Å². The molecule has 28 heavy (non-hydrogen) atoms. The number of pyridine rings is 1. The fourth-order valence-electron chi connectivity index (χ4n) is 5.27. The van der Waals surface area contributed by atoms with Crippen LogP contribution >= 0.6 is 0 Å². The maximum absolute atomic E-state index is 12.9. The summed E-state index contributed by atoms with van der Waals surface area (Å²) in [6.07, 6.45) is 5.65. The van der Waals surface area contributed by atoms with Gasteiger partial charge in [0.15, 0.2) is 5.82 Å². The summed E-state index contributed by atoms with van der Waals surface area (Å²) in [6, 6.07) is 7.17. The Labute approximate surface area is 163 Å². The van der Waals surface area contributed by atoms with E-state index in [0.29, 0.717) is 31.4 Å². The van der Waals surface area contributed by atoms with E-state index < -0.39 is 0 Å². The molecule has 2 aromatic heterocycles. The van der Waals surface area contributed by atoms with Gasteiger partial charge in [0.05, 0.1) is 0 Å². The fourth-order valence-corrected chi connectivity index (χ4v) is 5.27. The van der Waals surface area contributed by atoms with Crippen LogP contribution in [0.15, 0.2) is 33.6 Å². The van der Waals surface area contributed by atoms with E-state index in [4.69, 9.17) is 4.52 Å². The minimum atomic E-state index is -0.141. The van der Waals surface area contributed by atoms with Crippen molar-refractivity contribution in [1.29, 1.82) is 0 Å². The molecular formula is C21H26N4O3. The van der Waals surface area contributed by atoms with Gasteiger partial charge >= 0.3 is 6.03 Å². The number of fused-ring (bicyclic) bond motifs is 4. The lowest BCUT2D eigenvalue weighted by atomic mass is 9.83. The molecule has 1 aliphatic carbocycles. The smallest absolute Gasteiger partial charge is 0.323 e. The second-order valence-corrected chi connectivity index (χ2v) is 8.88. The standard InChI is InChI=1S/C21H26N4O3/c1-21(7-2-3-8-21)17-10-18(23-28-17)22-20(27)24-11-14-9-15(13-24)16-5-4-6-19(26)25(16)12-14/h4-6,10,14-15H,2-3,7-9,11-13H2,1H3,(H,22,23,27)/t14-,15+/m0/s1. The number of amides is 2. The second-order valence-electron chi connectivity index (χ2n) is 8.88. The van der Waals surface area contributed by atoms with Gasteiger partial charge < -0.3 is 14.0 Å². The number of nitrogens with one attached hydrogen (secondary N) is 1. The van der Waals surface area contributed by atoms with Crippen LogP contribution in [0.1, 0.15) is 56.4 Å². The van der Waals surface area contributed by atoms with E-state index >= 15 is 0 Å². The molecule has 3 aliphatic rings. The zero-order valence-corrected chi connectivity index (χ0v) is 16.2. The number of urea groups is 1. The monoisotopic (exact) mass is 382 g/mol. The first kappa shape index (κ1) is 17.5. The molecule has 1 saturated heterocycles. The number of aromatic nitrogens is 2. The van der Waals surface area contributed by atoms with Crippen molar-refractivity contribution in [3.63, 3.8) is 0 Å². The van der Waals surface area contributed by atoms with Gasteiger partial charge in [0.25, 0.3) is 5.56 Å². The van der Waals surface area contributed by atoms with Crippen molar-refractivity contribution in [2.24, 2.45) is 5.92 Å². The number of rotatable bonds is 2. The summed E-state index contributed by atoms with van der Waals surface area (Å²) < 4.78 is 7.43. The van der Waals surface area contributed by atoms with Crippen LogP contribution in [0.25, 0.3) is 0 Å². The van der Waals surface area contributed by atoms with Crippen LogP contribution in [-0.4, -0.2) is 33.7 Å². The number of nitrogens with zero attached hydrogens (tertiary/aromatic N) is 3. The highest BCUT2D eigenvalue weighted by molar-refractivity contribution is 5.88. The summed E-state index contributed by atoms with van der Waals surface area (Å²) >= 11 is 0. The largest absolute Gasteiger partial charge is 0.359 e. The van der Waals surface area contributed by atoms with Crippen molar-refractivity contribution < 1.29 is 9.32 Å². The number of likely N-dealkylation sites (tertiary alicyclic amines) is 1. The van der Waals surface area contributed by atoms with Crippen molar-refractivity contribution in [3.05, 3.63) is 46.1 Å². The van der Waals surface area contributed by atoms with Crippen LogP contribution in [0.5, 0.6) is 0 Å². The van der Waals surface area contributed by atoms with Crippen LogP contribution in [0.3, 0.4) is 0 Å². The molecule has 0 spiro atoms. The number of anilines is 1. The van der Waals surface area contributed by atoms with Gasteiger partial charge in [-0.25, -0.2) is 4.79 Å². The number of carbonyl (C=O) groups is 1. The van der Waals surface area contributed by atoms with E-state index in [1.54, 1.807) is 6.07 Å². The molecule has 2 aliphatic heterocycles. The first-order valence-corrected chi connectivity index (χ1v) is 10.2. The van der Waals surface area contributed by atoms with E-state index in [2.05, 4.69) is 17.4 Å². The van der Waals surface area contributed by atoms with Crippen LogP contribution < -0.4 is 10.9 Å². The molecule has 7 nitrogen and oxygen atoms in total. The quantitative estimate of drug-likeness (QED) is 0.864. The van der Waals surface area contributed by atoms with Crippen LogP contribution in [0.4, 0.5) is 10.6 Å². The normalized spacial score (nSPS) is 25.4. The van der Waals surface area contributed by atoms with Gasteiger partial charge in [-0.1, -0.05) is 31.0 Å². The van der Waals surface area contributed by atoms with E-state index in [-0.39, 0.29) is 22.9 Å². The summed E-state index contributed by atoms with van der Waals surface area (Å²) in [5, 5.41) is 6.99. The summed E-state index contributed by atoms with van der Waals surface area (Å²) in [5.41, 5.74) is 1.13. The van der Waals surface area contributed by atoms with Gasteiger partial charge in [-0.15, -0.1) is 0 Å². The molecule has 0 unspecified atom stereocenters. The minimum Gasteiger partial charge on any atom is -0.359 e. The van der Waals surface area contributed by atoms with E-state index in [0.717, 1.165) is 30.7 Å². The second kappa shape index (κ2) is 6.50. The van der Waals surface area contributed by atoms with Crippen molar-refractivity contribution in [3.8, 4) is 0 Å². The molecule has 0 radical (unpaired) electrons. The summed E-state index contributed by atoms with van der Waals surface area (Å²) in [5.74, 6) is 1.87. The Hall–Kier alpha value is -2.57. The lowest BCUT2D eigenvalue weighted by Gasteiger charge is -2.42. The molecule has 2 fully saturated rings. The maximum Gasteiger partial charge on any atom is 0.323 e. The molecule has 2 amide bonds. The van der Waals surface area contributed by atoms with Crippen molar-refractivity contribution >= 4 is 11.8 Å². The highest BCUT2D eigenvalue weighted by Gasteiger charge is 2.37. The summed E-state index contributed by atoms with van der Waals surface area (Å²) in [6.45, 7) is 4.17. The van der Waals surface area contributed by atoms with Gasteiger partial charge in [-0.3, -0.25) is 10.1 Å². The fraction of sp³-hybridized carbons (Fsp3) is 0.571. The Morgan fingerprint density at radius 1 is 1.25 bits per heavy atom. The predicted octanol–water partition coefficient (Wildman–Crippen LogP) is 3.32. The number of hydrogen-bond donors (Lipinski definition) is 1. The lowest BCUT2D eigenvalue weighted by Crippen LogP contribution is -2.50. The van der Waals surface area contributed by atoms with Crippen molar-refractivity contribution in [1.82, 2.24) is 14.6 Å². The molecule has 5 rings (SSSR count). The van der Waals surface area contributed by atoms with Crippen LogP contribution in [0.2, 0.25) is 0 Å². The predicted molar refractivity (Wildman–Crippen MR) is 104 cm³/mol. The van der Waals surface area contributed by atoms with Gasteiger partial charge in [0, 0.05) is 48.8 Å². The molecule has 2 bridgehead atoms. The van der Waals surface area contributed by atoms with Crippen molar-refractivity contribution in [2.75, 3.05) is 18.4 Å². The number of piperidine rings is 1. The van der Waals surface area contributed by atoms with Gasteiger partial charge in [-0.2, -0.15) is 0 Å². The van der Waals surface area contributed by atoms with Crippen LogP contribution in [0, 0.1) is 5.92 Å². The molecule has 7 heteroatoms. The highest BCUT2D eigenvalue weighted by atomic mass is 16.5. The Kier molecular flexibility index (Phi) is 4.07. The first-order valence-electron chi connectivity index (χ1n) is 10.2. The van der Waals surface area contributed by atoms with Crippen LogP contribution in [-0.2, 0) is 12.0 Å². The molecule has 0 aromatic carbocycles. The third kappa shape index (κ3) is 2.93. The van der Waals surface area contributed by atoms with Gasteiger partial charge in [0.1, 0.15) is 5.76 Å². The Morgan fingerprint density at radius 2 is 2.07 bits per heavy atom. The third-order valence-electron chi connectivity index (χ3n) is 6.81. The Balaban J connectivity index is 1.30. The lowest BCUT2D eigenvalue weighted by molar-refractivity contribution is 0.139. The number of hydrogen-bond acceptors (Lipinski definition) is 4. The number of carbonyl (C=O) groups excluding carboxylic acids is 1. The minimum absolute atomic E-state index is 0.0368. The average molecular weight is 382 g/mol. The zero-order chi connectivity index (χ0) is 19.3. The van der Waals surface area contributed by atoms with E-state index in [1.807, 2.05) is 27.7 Å². The summed E-state index contributed by atoms with van der Waals surface area (Å²) in [4.78, 5) is 26.8. The highest BCUT2D eigenvalue weighted by Crippen LogP contribution is 2.41. The van der Waals surface area contributed by atoms with Gasteiger partial charge in [-0.05, 0) is 31.2 Å². The maximum atomic E-state index is 12.9. The molecule has 2 atom stereocenters. The molecule has 1 N–H and O–H groups in total. The first-order chi connectivity index (χ1) is 13.5. The zero-order valence-electron chi connectivity index (χ0n) is 16.2. The molecule has 4 heterocycles. The molecule has 1 saturated carbocycles. The summed E-state index contributed by atoms with van der Waals surface area (Å²) in [7, 11) is 0. The Morgan fingerprint density at radius 3 is 2.89 bits per heavy atom. The SMILES string of the molecule is CC1(c2cc(NC(=O)N3C[C@@H]4C[C@H](C3)c3cccc(=O)n3C4)no2)CCCC1. The van der Waals surface area contributed by atoms with Gasteiger partial charge in [0.2, 0.25) is 0 Å².